The van der Waals surface area contributed by atoms with E-state index in [4.69, 9.17) is 4.74 Å². The molecule has 0 atom stereocenters. The molecule has 0 unspecified atom stereocenters. The van der Waals surface area contributed by atoms with Gasteiger partial charge < -0.3 is 10.1 Å². The van der Waals surface area contributed by atoms with E-state index < -0.39 is 18.5 Å². The minimum atomic E-state index is -0.575. The SMILES string of the molecule is CC(C)n1nccc1NC(=O)COC(=O)CCCN1C(=O)c2ccccc2C1=O. The van der Waals surface area contributed by atoms with Gasteiger partial charge in [0.25, 0.3) is 17.7 Å². The second-order valence-electron chi connectivity index (χ2n) is 6.87. The fourth-order valence-corrected chi connectivity index (χ4v) is 3.05. The number of amides is 3. The molecule has 2 heterocycles. The van der Waals surface area contributed by atoms with Gasteiger partial charge in [0.05, 0.1) is 17.3 Å². The molecule has 0 spiro atoms. The van der Waals surface area contributed by atoms with Gasteiger partial charge in [-0.2, -0.15) is 5.10 Å². The molecule has 0 aliphatic carbocycles. The van der Waals surface area contributed by atoms with E-state index in [2.05, 4.69) is 10.4 Å². The van der Waals surface area contributed by atoms with Crippen molar-refractivity contribution in [1.82, 2.24) is 14.7 Å². The Kier molecular flexibility index (Phi) is 6.06. The van der Waals surface area contributed by atoms with E-state index in [1.54, 1.807) is 41.2 Å². The van der Waals surface area contributed by atoms with E-state index in [0.29, 0.717) is 16.9 Å². The molecule has 0 saturated carbocycles. The summed E-state index contributed by atoms with van der Waals surface area (Å²) in [5.74, 6) is -1.25. The maximum absolute atomic E-state index is 12.3. The lowest BCUT2D eigenvalue weighted by molar-refractivity contribution is -0.147. The van der Waals surface area contributed by atoms with Crippen LogP contribution in [0.1, 0.15) is 53.4 Å². The summed E-state index contributed by atoms with van der Waals surface area (Å²) in [6.45, 7) is 3.55. The number of fused-ring (bicyclic) bond motifs is 1. The number of nitrogens with one attached hydrogen (secondary N) is 1. The first-order valence-electron chi connectivity index (χ1n) is 9.32. The van der Waals surface area contributed by atoms with Crippen molar-refractivity contribution in [3.63, 3.8) is 0 Å². The van der Waals surface area contributed by atoms with Crippen molar-refractivity contribution >= 4 is 29.5 Å². The molecule has 3 amide bonds. The molecule has 0 radical (unpaired) electrons. The summed E-state index contributed by atoms with van der Waals surface area (Å²) in [7, 11) is 0. The van der Waals surface area contributed by atoms with Crippen LogP contribution in [0.3, 0.4) is 0 Å². The number of anilines is 1. The van der Waals surface area contributed by atoms with E-state index in [1.165, 1.54) is 0 Å². The first-order chi connectivity index (χ1) is 13.9. The van der Waals surface area contributed by atoms with Crippen LogP contribution in [-0.2, 0) is 14.3 Å². The van der Waals surface area contributed by atoms with Crippen molar-refractivity contribution in [3.8, 4) is 0 Å². The molecule has 1 aromatic heterocycles. The molecule has 1 aliphatic heterocycles. The number of hydrogen-bond acceptors (Lipinski definition) is 6. The van der Waals surface area contributed by atoms with Gasteiger partial charge in [-0.25, -0.2) is 4.68 Å². The molecule has 1 aromatic carbocycles. The van der Waals surface area contributed by atoms with Gasteiger partial charge in [0.15, 0.2) is 6.61 Å². The summed E-state index contributed by atoms with van der Waals surface area (Å²) in [5, 5.41) is 6.74. The number of imide groups is 1. The number of ether oxygens (including phenoxy) is 1. The van der Waals surface area contributed by atoms with Crippen molar-refractivity contribution in [1.29, 1.82) is 0 Å². The molecule has 0 bridgehead atoms. The van der Waals surface area contributed by atoms with E-state index in [9.17, 15) is 19.2 Å². The highest BCUT2D eigenvalue weighted by atomic mass is 16.5. The summed E-state index contributed by atoms with van der Waals surface area (Å²) < 4.78 is 6.60. The van der Waals surface area contributed by atoms with E-state index >= 15 is 0 Å². The number of carbonyl (C=O) groups is 4. The van der Waals surface area contributed by atoms with Crippen LogP contribution in [0, 0.1) is 0 Å². The molecular formula is C20H22N4O5. The Bertz CT molecular complexity index is 915. The first-order valence-corrected chi connectivity index (χ1v) is 9.32. The number of carbonyl (C=O) groups excluding carboxylic acids is 4. The zero-order chi connectivity index (χ0) is 21.0. The van der Waals surface area contributed by atoms with Crippen LogP contribution in [0.5, 0.6) is 0 Å². The van der Waals surface area contributed by atoms with Gasteiger partial charge in [0.2, 0.25) is 0 Å². The minimum absolute atomic E-state index is 0.00931. The van der Waals surface area contributed by atoms with Crippen LogP contribution in [-0.4, -0.2) is 51.5 Å². The van der Waals surface area contributed by atoms with Gasteiger partial charge in [-0.05, 0) is 32.4 Å². The van der Waals surface area contributed by atoms with Crippen molar-refractivity contribution < 1.29 is 23.9 Å². The molecule has 0 fully saturated rings. The van der Waals surface area contributed by atoms with Crippen LogP contribution in [0.25, 0.3) is 0 Å². The molecule has 3 rings (SSSR count). The van der Waals surface area contributed by atoms with Gasteiger partial charge in [-0.15, -0.1) is 0 Å². The lowest BCUT2D eigenvalue weighted by Crippen LogP contribution is -2.31. The third kappa shape index (κ3) is 4.50. The maximum Gasteiger partial charge on any atom is 0.306 e. The van der Waals surface area contributed by atoms with Crippen LogP contribution < -0.4 is 5.32 Å². The normalized spacial score (nSPS) is 13.0. The predicted octanol–water partition coefficient (Wildman–Crippen LogP) is 2.02. The van der Waals surface area contributed by atoms with Crippen LogP contribution in [0.15, 0.2) is 36.5 Å². The second-order valence-corrected chi connectivity index (χ2v) is 6.87. The van der Waals surface area contributed by atoms with Gasteiger partial charge in [0.1, 0.15) is 5.82 Å². The van der Waals surface area contributed by atoms with Crippen LogP contribution in [0.4, 0.5) is 5.82 Å². The van der Waals surface area contributed by atoms with E-state index in [1.807, 2.05) is 13.8 Å². The summed E-state index contributed by atoms with van der Waals surface area (Å²) in [6.07, 6.45) is 1.82. The average Bonchev–Trinajstić information content (AvgIpc) is 3.25. The van der Waals surface area contributed by atoms with Gasteiger partial charge in [0, 0.05) is 25.1 Å². The van der Waals surface area contributed by atoms with Gasteiger partial charge in [-0.1, -0.05) is 12.1 Å². The lowest BCUT2D eigenvalue weighted by Gasteiger charge is -2.13. The first kappa shape index (κ1) is 20.2. The Morgan fingerprint density at radius 3 is 2.38 bits per heavy atom. The molecule has 9 heteroatoms. The zero-order valence-electron chi connectivity index (χ0n) is 16.3. The molecule has 152 valence electrons. The summed E-state index contributed by atoms with van der Waals surface area (Å²) in [6, 6.07) is 8.34. The largest absolute Gasteiger partial charge is 0.456 e. The highest BCUT2D eigenvalue weighted by Crippen LogP contribution is 2.22. The quantitative estimate of drug-likeness (QED) is 0.538. The number of aromatic nitrogens is 2. The summed E-state index contributed by atoms with van der Waals surface area (Å²) >= 11 is 0. The van der Waals surface area contributed by atoms with Gasteiger partial charge in [-0.3, -0.25) is 24.1 Å². The smallest absolute Gasteiger partial charge is 0.306 e. The molecule has 29 heavy (non-hydrogen) atoms. The Morgan fingerprint density at radius 1 is 1.10 bits per heavy atom. The maximum atomic E-state index is 12.3. The predicted molar refractivity (Wildman–Crippen MR) is 103 cm³/mol. The number of benzene rings is 1. The van der Waals surface area contributed by atoms with E-state index in [-0.39, 0.29) is 37.2 Å². The highest BCUT2D eigenvalue weighted by Gasteiger charge is 2.34. The summed E-state index contributed by atoms with van der Waals surface area (Å²) in [4.78, 5) is 49.5. The molecule has 9 nitrogen and oxygen atoms in total. The zero-order valence-corrected chi connectivity index (χ0v) is 16.3. The second kappa shape index (κ2) is 8.68. The monoisotopic (exact) mass is 398 g/mol. The van der Waals surface area contributed by atoms with Crippen molar-refractivity contribution in [2.24, 2.45) is 0 Å². The Labute approximate surface area is 167 Å². The highest BCUT2D eigenvalue weighted by molar-refractivity contribution is 6.21. The van der Waals surface area contributed by atoms with Crippen LogP contribution in [0.2, 0.25) is 0 Å². The Balaban J connectivity index is 1.41. The average molecular weight is 398 g/mol. The van der Waals surface area contributed by atoms with Crippen molar-refractivity contribution in [2.45, 2.75) is 32.7 Å². The minimum Gasteiger partial charge on any atom is -0.456 e. The topological polar surface area (TPSA) is 111 Å². The van der Waals surface area contributed by atoms with E-state index in [0.717, 1.165) is 4.90 Å². The van der Waals surface area contributed by atoms with Gasteiger partial charge >= 0.3 is 5.97 Å². The number of nitrogens with zero attached hydrogens (tertiary/aromatic N) is 3. The number of hydrogen-bond donors (Lipinski definition) is 1. The standard InChI is InChI=1S/C20H22N4O5/c1-13(2)24-16(9-10-21-24)22-17(25)12-29-18(26)8-5-11-23-19(27)14-6-3-4-7-15(14)20(23)28/h3-4,6-7,9-10,13H,5,8,11-12H2,1-2H3,(H,22,25). The third-order valence-electron chi connectivity index (χ3n) is 4.43. The lowest BCUT2D eigenvalue weighted by atomic mass is 10.1. The fourth-order valence-electron chi connectivity index (χ4n) is 3.05. The molecule has 0 saturated heterocycles. The van der Waals surface area contributed by atoms with Crippen molar-refractivity contribution in [3.05, 3.63) is 47.7 Å². The molecule has 1 N–H and O–H groups in total. The van der Waals surface area contributed by atoms with Crippen molar-refractivity contribution in [2.75, 3.05) is 18.5 Å². The van der Waals surface area contributed by atoms with Crippen LogP contribution >= 0.6 is 0 Å². The summed E-state index contributed by atoms with van der Waals surface area (Å²) in [5.41, 5.74) is 0.745. The molecule has 1 aliphatic rings. The third-order valence-corrected chi connectivity index (χ3v) is 4.43. The number of esters is 1. The Hall–Kier alpha value is -3.49. The number of rotatable bonds is 8. The Morgan fingerprint density at radius 2 is 1.76 bits per heavy atom. The molecular weight excluding hydrogens is 376 g/mol. The fraction of sp³-hybridized carbons (Fsp3) is 0.350. The molecule has 2 aromatic rings.